The number of carbonyl (C=O) groups is 1. The zero-order valence-electron chi connectivity index (χ0n) is 14.8. The Labute approximate surface area is 168 Å². The number of benzene rings is 2. The quantitative estimate of drug-likeness (QED) is 0.664. The highest BCUT2D eigenvalue weighted by molar-refractivity contribution is 7.99. The number of methoxy groups -OCH3 is 2. The summed E-state index contributed by atoms with van der Waals surface area (Å²) in [4.78, 5) is 12.3. The molecule has 0 fully saturated rings. The van der Waals surface area contributed by atoms with Crippen molar-refractivity contribution < 1.29 is 14.3 Å². The predicted octanol–water partition coefficient (Wildman–Crippen LogP) is 4.95. The van der Waals surface area contributed by atoms with Gasteiger partial charge in [-0.25, -0.2) is 0 Å². The fourth-order valence-electron chi connectivity index (χ4n) is 2.25. The average Bonchev–Trinajstić information content (AvgIpc) is 2.66. The molecule has 1 atom stereocenters. The molecule has 4 nitrogen and oxygen atoms in total. The van der Waals surface area contributed by atoms with E-state index in [0.29, 0.717) is 33.8 Å². The van der Waals surface area contributed by atoms with Crippen LogP contribution in [0.3, 0.4) is 0 Å². The summed E-state index contributed by atoms with van der Waals surface area (Å²) in [6, 6.07) is 11.1. The molecule has 7 heteroatoms. The largest absolute Gasteiger partial charge is 0.493 e. The first-order valence-electron chi connectivity index (χ1n) is 7.98. The highest BCUT2D eigenvalue weighted by Gasteiger charge is 2.14. The number of ether oxygens (including phenoxy) is 2. The van der Waals surface area contributed by atoms with Crippen LogP contribution in [0, 0.1) is 0 Å². The molecule has 0 radical (unpaired) electrons. The van der Waals surface area contributed by atoms with E-state index < -0.39 is 0 Å². The minimum atomic E-state index is -0.190. The van der Waals surface area contributed by atoms with Gasteiger partial charge in [-0.15, -0.1) is 11.8 Å². The minimum Gasteiger partial charge on any atom is -0.493 e. The molecule has 0 aliphatic rings. The van der Waals surface area contributed by atoms with E-state index in [-0.39, 0.29) is 11.2 Å². The first kappa shape index (κ1) is 20.7. The Bertz CT molecular complexity index is 770. The van der Waals surface area contributed by atoms with E-state index in [0.717, 1.165) is 11.1 Å². The van der Waals surface area contributed by atoms with Gasteiger partial charge in [0, 0.05) is 12.3 Å². The van der Waals surface area contributed by atoms with Gasteiger partial charge in [0.1, 0.15) is 0 Å². The van der Waals surface area contributed by atoms with Crippen molar-refractivity contribution >= 4 is 40.9 Å². The molecule has 0 aliphatic carbocycles. The standard InChI is InChI=1S/C19H21Cl2NO3S/c1-12(26-11-14-4-6-15(20)16(21)8-14)19(23)22-10-13-5-7-17(24-2)18(9-13)25-3/h4-9,12H,10-11H2,1-3H3,(H,22,23). The Morgan fingerprint density at radius 2 is 1.73 bits per heavy atom. The summed E-state index contributed by atoms with van der Waals surface area (Å²) in [6.07, 6.45) is 0. The number of carbonyl (C=O) groups excluding carboxylic acids is 1. The van der Waals surface area contributed by atoms with Crippen LogP contribution < -0.4 is 14.8 Å². The zero-order chi connectivity index (χ0) is 19.1. The van der Waals surface area contributed by atoms with E-state index in [1.165, 1.54) is 0 Å². The molecule has 0 aliphatic heterocycles. The Hall–Kier alpha value is -1.56. The lowest BCUT2D eigenvalue weighted by atomic mass is 10.2. The molecular weight excluding hydrogens is 393 g/mol. The molecule has 0 saturated carbocycles. The smallest absolute Gasteiger partial charge is 0.233 e. The van der Waals surface area contributed by atoms with Crippen molar-refractivity contribution in [1.82, 2.24) is 5.32 Å². The third-order valence-electron chi connectivity index (χ3n) is 3.77. The van der Waals surface area contributed by atoms with Crippen LogP contribution in [0.2, 0.25) is 10.0 Å². The van der Waals surface area contributed by atoms with Crippen molar-refractivity contribution in [3.05, 3.63) is 57.6 Å². The number of nitrogens with one attached hydrogen (secondary N) is 1. The summed E-state index contributed by atoms with van der Waals surface area (Å²) in [5, 5.41) is 3.80. The summed E-state index contributed by atoms with van der Waals surface area (Å²) in [5.41, 5.74) is 1.97. The maximum Gasteiger partial charge on any atom is 0.233 e. The second-order valence-corrected chi connectivity index (χ2v) is 7.75. The van der Waals surface area contributed by atoms with Crippen LogP contribution in [0.5, 0.6) is 11.5 Å². The van der Waals surface area contributed by atoms with Gasteiger partial charge in [0.25, 0.3) is 0 Å². The van der Waals surface area contributed by atoms with Crippen LogP contribution in [0.15, 0.2) is 36.4 Å². The summed E-state index contributed by atoms with van der Waals surface area (Å²) in [5.74, 6) is 1.96. The summed E-state index contributed by atoms with van der Waals surface area (Å²) >= 11 is 13.5. The molecule has 0 saturated heterocycles. The van der Waals surface area contributed by atoms with Gasteiger partial charge in [0.2, 0.25) is 5.91 Å². The molecule has 0 heterocycles. The summed E-state index contributed by atoms with van der Waals surface area (Å²) < 4.78 is 10.5. The van der Waals surface area contributed by atoms with E-state index in [4.69, 9.17) is 32.7 Å². The Morgan fingerprint density at radius 1 is 1.04 bits per heavy atom. The van der Waals surface area contributed by atoms with Gasteiger partial charge in [-0.05, 0) is 42.3 Å². The van der Waals surface area contributed by atoms with Gasteiger partial charge in [-0.1, -0.05) is 35.3 Å². The second-order valence-electron chi connectivity index (χ2n) is 5.61. The third kappa shape index (κ3) is 5.73. The molecule has 0 aromatic heterocycles. The lowest BCUT2D eigenvalue weighted by Crippen LogP contribution is -2.30. The highest BCUT2D eigenvalue weighted by atomic mass is 35.5. The molecule has 140 valence electrons. The van der Waals surface area contributed by atoms with E-state index >= 15 is 0 Å². The van der Waals surface area contributed by atoms with Gasteiger partial charge < -0.3 is 14.8 Å². The van der Waals surface area contributed by atoms with Crippen molar-refractivity contribution in [3.63, 3.8) is 0 Å². The molecule has 1 unspecified atom stereocenters. The first-order valence-corrected chi connectivity index (χ1v) is 9.79. The highest BCUT2D eigenvalue weighted by Crippen LogP contribution is 2.28. The van der Waals surface area contributed by atoms with Crippen LogP contribution in [0.4, 0.5) is 0 Å². The number of halogens is 2. The molecule has 0 bridgehead atoms. The topological polar surface area (TPSA) is 47.6 Å². The predicted molar refractivity (Wildman–Crippen MR) is 109 cm³/mol. The van der Waals surface area contributed by atoms with Crippen molar-refractivity contribution in [3.8, 4) is 11.5 Å². The van der Waals surface area contributed by atoms with Gasteiger partial charge >= 0.3 is 0 Å². The molecule has 2 aromatic carbocycles. The molecular formula is C19H21Cl2NO3S. The molecule has 0 spiro atoms. The summed E-state index contributed by atoms with van der Waals surface area (Å²) in [7, 11) is 3.17. The first-order chi connectivity index (χ1) is 12.4. The van der Waals surface area contributed by atoms with Crippen LogP contribution >= 0.6 is 35.0 Å². The Balaban J connectivity index is 1.86. The molecule has 2 rings (SSSR count). The average molecular weight is 414 g/mol. The maximum absolute atomic E-state index is 12.3. The Morgan fingerprint density at radius 3 is 2.38 bits per heavy atom. The van der Waals surface area contributed by atoms with Crippen molar-refractivity contribution in [2.75, 3.05) is 14.2 Å². The zero-order valence-corrected chi connectivity index (χ0v) is 17.2. The van der Waals surface area contributed by atoms with Crippen LogP contribution in [-0.4, -0.2) is 25.4 Å². The molecule has 1 N–H and O–H groups in total. The van der Waals surface area contributed by atoms with Crippen LogP contribution in [0.1, 0.15) is 18.1 Å². The van der Waals surface area contributed by atoms with E-state index in [1.54, 1.807) is 32.0 Å². The number of amides is 1. The lowest BCUT2D eigenvalue weighted by molar-refractivity contribution is -0.120. The Kier molecular flexibility index (Phi) is 7.94. The number of hydrogen-bond acceptors (Lipinski definition) is 4. The SMILES string of the molecule is COc1ccc(CNC(=O)C(C)SCc2ccc(Cl)c(Cl)c2)cc1OC. The van der Waals surface area contributed by atoms with Gasteiger partial charge in [-0.2, -0.15) is 0 Å². The van der Waals surface area contributed by atoms with Gasteiger partial charge in [0.15, 0.2) is 11.5 Å². The number of hydrogen-bond donors (Lipinski definition) is 1. The van der Waals surface area contributed by atoms with Crippen molar-refractivity contribution in [1.29, 1.82) is 0 Å². The second kappa shape index (κ2) is 9.95. The molecule has 26 heavy (non-hydrogen) atoms. The fraction of sp³-hybridized carbons (Fsp3) is 0.316. The van der Waals surface area contributed by atoms with E-state index in [9.17, 15) is 4.79 Å². The number of thioether (sulfide) groups is 1. The van der Waals surface area contributed by atoms with Crippen molar-refractivity contribution in [2.45, 2.75) is 24.5 Å². The number of rotatable bonds is 8. The minimum absolute atomic E-state index is 0.0233. The molecule has 2 aromatic rings. The normalized spacial score (nSPS) is 11.7. The van der Waals surface area contributed by atoms with Crippen molar-refractivity contribution in [2.24, 2.45) is 0 Å². The molecule has 1 amide bonds. The summed E-state index contributed by atoms with van der Waals surface area (Å²) in [6.45, 7) is 2.31. The van der Waals surface area contributed by atoms with Gasteiger partial charge in [-0.3, -0.25) is 4.79 Å². The monoisotopic (exact) mass is 413 g/mol. The van der Waals surface area contributed by atoms with Crippen LogP contribution in [0.25, 0.3) is 0 Å². The van der Waals surface area contributed by atoms with Gasteiger partial charge in [0.05, 0.1) is 29.5 Å². The maximum atomic E-state index is 12.3. The van der Waals surface area contributed by atoms with E-state index in [1.807, 2.05) is 37.3 Å². The fourth-order valence-corrected chi connectivity index (χ4v) is 3.43. The van der Waals surface area contributed by atoms with Crippen LogP contribution in [-0.2, 0) is 17.1 Å². The third-order valence-corrected chi connectivity index (χ3v) is 5.72. The van der Waals surface area contributed by atoms with E-state index in [2.05, 4.69) is 5.32 Å². The lowest BCUT2D eigenvalue weighted by Gasteiger charge is -2.13.